The number of hydrogen-bond donors (Lipinski definition) is 1. The molecule has 0 aromatic carbocycles. The third-order valence-electron chi connectivity index (χ3n) is 3.34. The molecule has 17 heavy (non-hydrogen) atoms. The topological polar surface area (TPSA) is 72.8 Å². The molecule has 0 spiro atoms. The lowest BCUT2D eigenvalue weighted by atomic mass is 9.94. The van der Waals surface area contributed by atoms with E-state index in [1.807, 2.05) is 12.2 Å². The fourth-order valence-electron chi connectivity index (χ4n) is 2.52. The first-order chi connectivity index (χ1) is 8.13. The Hall–Kier alpha value is -1.36. The lowest BCUT2D eigenvalue weighted by Crippen LogP contribution is -2.26. The number of esters is 2. The second-order valence-electron chi connectivity index (χ2n) is 4.37. The second kappa shape index (κ2) is 4.87. The van der Waals surface area contributed by atoms with Gasteiger partial charge >= 0.3 is 11.9 Å². The number of carbonyl (C=O) groups excluding carboxylic acids is 2. The van der Waals surface area contributed by atoms with E-state index >= 15 is 0 Å². The normalized spacial score (nSPS) is 33.8. The monoisotopic (exact) mass is 240 g/mol. The molecule has 2 bridgehead atoms. The summed E-state index contributed by atoms with van der Waals surface area (Å²) in [6, 6.07) is 0. The van der Waals surface area contributed by atoms with Crippen LogP contribution in [0.3, 0.4) is 0 Å². The maximum Gasteiger partial charge on any atom is 0.344 e. The van der Waals surface area contributed by atoms with Gasteiger partial charge in [-0.25, -0.2) is 4.79 Å². The van der Waals surface area contributed by atoms with Crippen LogP contribution in [0.15, 0.2) is 12.2 Å². The van der Waals surface area contributed by atoms with Gasteiger partial charge in [-0.3, -0.25) is 4.79 Å². The number of ether oxygens (including phenoxy) is 2. The van der Waals surface area contributed by atoms with Crippen molar-refractivity contribution in [1.29, 1.82) is 0 Å². The van der Waals surface area contributed by atoms with Crippen LogP contribution >= 0.6 is 0 Å². The van der Waals surface area contributed by atoms with E-state index in [-0.39, 0.29) is 31.0 Å². The molecule has 1 saturated carbocycles. The fraction of sp³-hybridized carbons (Fsp3) is 0.667. The van der Waals surface area contributed by atoms with Crippen molar-refractivity contribution in [1.82, 2.24) is 0 Å². The van der Waals surface area contributed by atoms with Gasteiger partial charge in [0.25, 0.3) is 0 Å². The Kier molecular flexibility index (Phi) is 3.47. The molecular weight excluding hydrogens is 224 g/mol. The zero-order valence-electron chi connectivity index (χ0n) is 9.67. The molecular formula is C12H16O5. The standard InChI is InChI=1S/C12H16O5/c1-2-16-10(13)6-17-12(15)9-5-7-3-4-8(9)11(7)14/h3-4,7-9,11,14H,2,5-6H2,1H3. The summed E-state index contributed by atoms with van der Waals surface area (Å²) < 4.78 is 9.54. The van der Waals surface area contributed by atoms with Crippen LogP contribution in [0, 0.1) is 17.8 Å². The largest absolute Gasteiger partial charge is 0.463 e. The lowest BCUT2D eigenvalue weighted by Gasteiger charge is -2.16. The zero-order valence-corrected chi connectivity index (χ0v) is 9.67. The predicted molar refractivity (Wildman–Crippen MR) is 57.8 cm³/mol. The Balaban J connectivity index is 1.82. The van der Waals surface area contributed by atoms with Gasteiger partial charge < -0.3 is 14.6 Å². The Morgan fingerprint density at radius 1 is 1.35 bits per heavy atom. The van der Waals surface area contributed by atoms with Crippen LogP contribution in [0.5, 0.6) is 0 Å². The highest BCUT2D eigenvalue weighted by atomic mass is 16.6. The number of carbonyl (C=O) groups is 2. The highest BCUT2D eigenvalue weighted by Crippen LogP contribution is 2.44. The van der Waals surface area contributed by atoms with Gasteiger partial charge in [-0.1, -0.05) is 12.2 Å². The molecule has 2 aliphatic rings. The van der Waals surface area contributed by atoms with Crippen molar-refractivity contribution in [3.05, 3.63) is 12.2 Å². The van der Waals surface area contributed by atoms with E-state index in [1.165, 1.54) is 0 Å². The third kappa shape index (κ3) is 2.34. The van der Waals surface area contributed by atoms with Crippen molar-refractivity contribution in [3.63, 3.8) is 0 Å². The maximum absolute atomic E-state index is 11.7. The molecule has 0 aromatic rings. The van der Waals surface area contributed by atoms with E-state index in [0.717, 1.165) is 0 Å². The summed E-state index contributed by atoms with van der Waals surface area (Å²) >= 11 is 0. The average molecular weight is 240 g/mol. The molecule has 0 heterocycles. The highest BCUT2D eigenvalue weighted by Gasteiger charge is 2.47. The molecule has 2 aliphatic carbocycles. The van der Waals surface area contributed by atoms with Gasteiger partial charge in [0.05, 0.1) is 18.6 Å². The highest BCUT2D eigenvalue weighted by molar-refractivity contribution is 5.78. The number of rotatable bonds is 4. The van der Waals surface area contributed by atoms with E-state index in [2.05, 4.69) is 4.74 Å². The van der Waals surface area contributed by atoms with Crippen molar-refractivity contribution in [3.8, 4) is 0 Å². The first kappa shape index (κ1) is 12.1. The molecule has 94 valence electrons. The van der Waals surface area contributed by atoms with Crippen molar-refractivity contribution in [2.24, 2.45) is 17.8 Å². The summed E-state index contributed by atoms with van der Waals surface area (Å²) in [6.45, 7) is 1.61. The van der Waals surface area contributed by atoms with Crippen molar-refractivity contribution in [2.45, 2.75) is 19.4 Å². The molecule has 5 heteroatoms. The summed E-state index contributed by atoms with van der Waals surface area (Å²) in [5, 5.41) is 9.75. The minimum atomic E-state index is -0.542. The molecule has 0 radical (unpaired) electrons. The summed E-state index contributed by atoms with van der Waals surface area (Å²) in [4.78, 5) is 22.7. The SMILES string of the molecule is CCOC(=O)COC(=O)C1CC2C=CC1C2O. The van der Waals surface area contributed by atoms with Crippen molar-refractivity contribution in [2.75, 3.05) is 13.2 Å². The molecule has 1 fully saturated rings. The van der Waals surface area contributed by atoms with Crippen LogP contribution in [0.1, 0.15) is 13.3 Å². The first-order valence-corrected chi connectivity index (χ1v) is 5.82. The van der Waals surface area contributed by atoms with Gasteiger partial charge in [-0.2, -0.15) is 0 Å². The summed E-state index contributed by atoms with van der Waals surface area (Å²) in [5.41, 5.74) is 0. The Bertz CT molecular complexity index is 349. The van der Waals surface area contributed by atoms with Crippen LogP contribution in [0.4, 0.5) is 0 Å². The Labute approximate surface area is 99.4 Å². The van der Waals surface area contributed by atoms with E-state index in [0.29, 0.717) is 6.42 Å². The molecule has 2 rings (SSSR count). The molecule has 5 nitrogen and oxygen atoms in total. The second-order valence-corrected chi connectivity index (χ2v) is 4.37. The smallest absolute Gasteiger partial charge is 0.344 e. The van der Waals surface area contributed by atoms with Gasteiger partial charge in [-0.15, -0.1) is 0 Å². The number of aliphatic hydroxyl groups is 1. The Morgan fingerprint density at radius 3 is 2.65 bits per heavy atom. The van der Waals surface area contributed by atoms with Gasteiger partial charge in [-0.05, 0) is 13.3 Å². The molecule has 0 amide bonds. The van der Waals surface area contributed by atoms with E-state index in [9.17, 15) is 14.7 Å². The quantitative estimate of drug-likeness (QED) is 0.564. The fourth-order valence-corrected chi connectivity index (χ4v) is 2.52. The molecule has 0 aromatic heterocycles. The van der Waals surface area contributed by atoms with Crippen LogP contribution in [0.25, 0.3) is 0 Å². The number of hydrogen-bond acceptors (Lipinski definition) is 5. The Morgan fingerprint density at radius 2 is 2.12 bits per heavy atom. The third-order valence-corrected chi connectivity index (χ3v) is 3.34. The average Bonchev–Trinajstić information content (AvgIpc) is 2.82. The minimum Gasteiger partial charge on any atom is -0.463 e. The minimum absolute atomic E-state index is 0.0557. The number of fused-ring (bicyclic) bond motifs is 2. The van der Waals surface area contributed by atoms with Crippen LogP contribution in [-0.4, -0.2) is 36.4 Å². The van der Waals surface area contributed by atoms with Gasteiger partial charge in [0.15, 0.2) is 6.61 Å². The number of aliphatic hydroxyl groups excluding tert-OH is 1. The van der Waals surface area contributed by atoms with E-state index in [1.54, 1.807) is 6.92 Å². The summed E-state index contributed by atoms with van der Waals surface area (Å²) in [6.07, 6.45) is 3.92. The lowest BCUT2D eigenvalue weighted by molar-refractivity contribution is -0.161. The van der Waals surface area contributed by atoms with E-state index < -0.39 is 18.0 Å². The first-order valence-electron chi connectivity index (χ1n) is 5.82. The molecule has 0 saturated heterocycles. The summed E-state index contributed by atoms with van der Waals surface area (Å²) in [5.74, 6) is -1.39. The summed E-state index contributed by atoms with van der Waals surface area (Å²) in [7, 11) is 0. The zero-order chi connectivity index (χ0) is 12.4. The maximum atomic E-state index is 11.7. The van der Waals surface area contributed by atoms with Crippen molar-refractivity contribution < 1.29 is 24.2 Å². The van der Waals surface area contributed by atoms with Crippen LogP contribution < -0.4 is 0 Å². The van der Waals surface area contributed by atoms with Crippen molar-refractivity contribution >= 4 is 11.9 Å². The van der Waals surface area contributed by atoms with Gasteiger partial charge in [0.2, 0.25) is 0 Å². The molecule has 1 N–H and O–H groups in total. The van der Waals surface area contributed by atoms with Gasteiger partial charge in [0, 0.05) is 11.8 Å². The molecule has 4 unspecified atom stereocenters. The van der Waals surface area contributed by atoms with Gasteiger partial charge in [0.1, 0.15) is 0 Å². The predicted octanol–water partition coefficient (Wildman–Crippen LogP) is 0.276. The molecule has 0 aliphatic heterocycles. The van der Waals surface area contributed by atoms with E-state index in [4.69, 9.17) is 4.74 Å². The van der Waals surface area contributed by atoms with Crippen LogP contribution in [-0.2, 0) is 19.1 Å². The van der Waals surface area contributed by atoms with Crippen LogP contribution in [0.2, 0.25) is 0 Å². The molecule has 4 atom stereocenters.